The maximum absolute atomic E-state index is 11.4. The SMILES string of the molecule is CC(CCCC(=O)O)NC(=O)C(C)(C)N. The zero-order chi connectivity index (χ0) is 12.1. The van der Waals surface area contributed by atoms with Crippen molar-refractivity contribution in [2.45, 2.75) is 51.6 Å². The van der Waals surface area contributed by atoms with Crippen LogP contribution < -0.4 is 11.1 Å². The minimum atomic E-state index is -0.888. The molecule has 0 fully saturated rings. The highest BCUT2D eigenvalue weighted by molar-refractivity contribution is 5.85. The number of nitrogens with one attached hydrogen (secondary N) is 1. The maximum atomic E-state index is 11.4. The molecular formula is C10H20N2O3. The van der Waals surface area contributed by atoms with Gasteiger partial charge in [0.2, 0.25) is 5.91 Å². The molecule has 0 saturated heterocycles. The fourth-order valence-corrected chi connectivity index (χ4v) is 1.04. The molecule has 1 unspecified atom stereocenters. The van der Waals surface area contributed by atoms with Gasteiger partial charge < -0.3 is 16.2 Å². The molecule has 0 heterocycles. The Morgan fingerprint density at radius 2 is 2.00 bits per heavy atom. The highest BCUT2D eigenvalue weighted by Gasteiger charge is 2.22. The summed E-state index contributed by atoms with van der Waals surface area (Å²) in [5, 5.41) is 11.2. The molecule has 0 saturated carbocycles. The first-order chi connectivity index (χ1) is 6.73. The Kier molecular flexibility index (Phi) is 5.28. The molecule has 15 heavy (non-hydrogen) atoms. The molecule has 0 aliphatic heterocycles. The molecule has 0 spiro atoms. The van der Waals surface area contributed by atoms with Gasteiger partial charge in [0.05, 0.1) is 5.54 Å². The number of amides is 1. The highest BCUT2D eigenvalue weighted by atomic mass is 16.4. The van der Waals surface area contributed by atoms with Gasteiger partial charge in [0, 0.05) is 12.5 Å². The summed E-state index contributed by atoms with van der Waals surface area (Å²) in [5.74, 6) is -1.03. The summed E-state index contributed by atoms with van der Waals surface area (Å²) in [6.07, 6.45) is 1.34. The third kappa shape index (κ3) is 6.90. The van der Waals surface area contributed by atoms with Gasteiger partial charge in [-0.25, -0.2) is 0 Å². The fourth-order valence-electron chi connectivity index (χ4n) is 1.04. The van der Waals surface area contributed by atoms with Crippen molar-refractivity contribution in [3.63, 3.8) is 0 Å². The second-order valence-electron chi connectivity index (χ2n) is 4.38. The smallest absolute Gasteiger partial charge is 0.303 e. The lowest BCUT2D eigenvalue weighted by Crippen LogP contribution is -2.51. The lowest BCUT2D eigenvalue weighted by atomic mass is 10.0. The summed E-state index contributed by atoms with van der Waals surface area (Å²) in [7, 11) is 0. The van der Waals surface area contributed by atoms with Crippen molar-refractivity contribution < 1.29 is 14.7 Å². The second-order valence-corrected chi connectivity index (χ2v) is 4.38. The zero-order valence-corrected chi connectivity index (χ0v) is 9.54. The summed E-state index contributed by atoms with van der Waals surface area (Å²) < 4.78 is 0. The lowest BCUT2D eigenvalue weighted by Gasteiger charge is -2.21. The Balaban J connectivity index is 3.79. The number of carbonyl (C=O) groups excluding carboxylic acids is 1. The summed E-state index contributed by atoms with van der Waals surface area (Å²) in [5.41, 5.74) is 4.71. The van der Waals surface area contributed by atoms with Crippen LogP contribution in [0.3, 0.4) is 0 Å². The fraction of sp³-hybridized carbons (Fsp3) is 0.800. The van der Waals surface area contributed by atoms with Crippen LogP contribution in [0.5, 0.6) is 0 Å². The molecular weight excluding hydrogens is 196 g/mol. The van der Waals surface area contributed by atoms with E-state index >= 15 is 0 Å². The highest BCUT2D eigenvalue weighted by Crippen LogP contribution is 2.03. The molecule has 0 rings (SSSR count). The van der Waals surface area contributed by atoms with Gasteiger partial charge in [-0.3, -0.25) is 9.59 Å². The molecule has 0 radical (unpaired) electrons. The number of aliphatic carboxylic acids is 1. The minimum Gasteiger partial charge on any atom is -0.481 e. The second kappa shape index (κ2) is 5.70. The first kappa shape index (κ1) is 13.9. The number of carboxylic acid groups (broad SMARTS) is 1. The standard InChI is InChI=1S/C10H20N2O3/c1-7(5-4-6-8(13)14)12-9(15)10(2,3)11/h7H,4-6,11H2,1-3H3,(H,12,15)(H,13,14). The van der Waals surface area contributed by atoms with E-state index in [0.29, 0.717) is 12.8 Å². The Bertz CT molecular complexity index is 233. The monoisotopic (exact) mass is 216 g/mol. The number of carbonyl (C=O) groups is 2. The van der Waals surface area contributed by atoms with Crippen LogP contribution in [0.2, 0.25) is 0 Å². The van der Waals surface area contributed by atoms with Crippen LogP contribution in [-0.2, 0) is 9.59 Å². The average Bonchev–Trinajstić information content (AvgIpc) is 2.01. The molecule has 0 aromatic rings. The topological polar surface area (TPSA) is 92.4 Å². The quantitative estimate of drug-likeness (QED) is 0.602. The Hall–Kier alpha value is -1.10. The molecule has 88 valence electrons. The third-order valence-corrected chi connectivity index (χ3v) is 1.99. The van der Waals surface area contributed by atoms with Crippen LogP contribution in [0.15, 0.2) is 0 Å². The molecule has 0 aromatic heterocycles. The van der Waals surface area contributed by atoms with Crippen molar-refractivity contribution in [2.24, 2.45) is 5.73 Å². The number of rotatable bonds is 6. The minimum absolute atomic E-state index is 0.0420. The average molecular weight is 216 g/mol. The van der Waals surface area contributed by atoms with Gasteiger partial charge in [0.15, 0.2) is 0 Å². The number of hydrogen-bond acceptors (Lipinski definition) is 3. The molecule has 4 N–H and O–H groups in total. The summed E-state index contributed by atoms with van der Waals surface area (Å²) in [6, 6.07) is -0.0420. The Labute approximate surface area is 90.0 Å². The molecule has 5 nitrogen and oxygen atoms in total. The van der Waals surface area contributed by atoms with Crippen molar-refractivity contribution in [2.75, 3.05) is 0 Å². The molecule has 1 amide bonds. The van der Waals surface area contributed by atoms with E-state index in [2.05, 4.69) is 5.32 Å². The summed E-state index contributed by atoms with van der Waals surface area (Å²) >= 11 is 0. The van der Waals surface area contributed by atoms with Gasteiger partial charge in [-0.05, 0) is 33.6 Å². The molecule has 1 atom stereocenters. The largest absolute Gasteiger partial charge is 0.481 e. The van der Waals surface area contributed by atoms with Crippen LogP contribution >= 0.6 is 0 Å². The molecule has 0 aliphatic carbocycles. The van der Waals surface area contributed by atoms with E-state index in [1.165, 1.54) is 0 Å². The lowest BCUT2D eigenvalue weighted by molar-refractivity contribution is -0.137. The van der Waals surface area contributed by atoms with E-state index in [0.717, 1.165) is 0 Å². The van der Waals surface area contributed by atoms with Crippen molar-refractivity contribution in [3.05, 3.63) is 0 Å². The Morgan fingerprint density at radius 1 is 1.47 bits per heavy atom. The first-order valence-corrected chi connectivity index (χ1v) is 5.05. The third-order valence-electron chi connectivity index (χ3n) is 1.99. The summed E-state index contributed by atoms with van der Waals surface area (Å²) in [4.78, 5) is 21.7. The van der Waals surface area contributed by atoms with E-state index in [1.807, 2.05) is 6.92 Å². The summed E-state index contributed by atoms with van der Waals surface area (Å²) in [6.45, 7) is 5.10. The van der Waals surface area contributed by atoms with Crippen LogP contribution in [0.1, 0.15) is 40.0 Å². The van der Waals surface area contributed by atoms with Crippen molar-refractivity contribution in [1.82, 2.24) is 5.32 Å². The van der Waals surface area contributed by atoms with Crippen molar-refractivity contribution >= 4 is 11.9 Å². The maximum Gasteiger partial charge on any atom is 0.303 e. The van der Waals surface area contributed by atoms with Gasteiger partial charge in [0.1, 0.15) is 0 Å². The number of nitrogens with two attached hydrogens (primary N) is 1. The van der Waals surface area contributed by atoms with Crippen LogP contribution in [0.4, 0.5) is 0 Å². The van der Waals surface area contributed by atoms with Crippen LogP contribution in [0.25, 0.3) is 0 Å². The predicted octanol–water partition coefficient (Wildman–Crippen LogP) is 0.483. The van der Waals surface area contributed by atoms with Gasteiger partial charge in [-0.2, -0.15) is 0 Å². The van der Waals surface area contributed by atoms with Crippen molar-refractivity contribution in [1.29, 1.82) is 0 Å². The van der Waals surface area contributed by atoms with Crippen molar-refractivity contribution in [3.8, 4) is 0 Å². The van der Waals surface area contributed by atoms with Crippen LogP contribution in [0, 0.1) is 0 Å². The van der Waals surface area contributed by atoms with Gasteiger partial charge in [0.25, 0.3) is 0 Å². The van der Waals surface area contributed by atoms with E-state index < -0.39 is 11.5 Å². The molecule has 0 aliphatic rings. The number of carboxylic acids is 1. The van der Waals surface area contributed by atoms with Gasteiger partial charge in [-0.1, -0.05) is 0 Å². The normalized spacial score (nSPS) is 13.3. The van der Waals surface area contributed by atoms with Gasteiger partial charge in [-0.15, -0.1) is 0 Å². The molecule has 0 aromatic carbocycles. The van der Waals surface area contributed by atoms with E-state index in [9.17, 15) is 9.59 Å². The van der Waals surface area contributed by atoms with E-state index in [-0.39, 0.29) is 18.4 Å². The Morgan fingerprint density at radius 3 is 2.40 bits per heavy atom. The number of hydrogen-bond donors (Lipinski definition) is 3. The van der Waals surface area contributed by atoms with E-state index in [1.54, 1.807) is 13.8 Å². The predicted molar refractivity (Wildman–Crippen MR) is 57.4 cm³/mol. The molecule has 5 heteroatoms. The molecule has 0 bridgehead atoms. The van der Waals surface area contributed by atoms with Crippen LogP contribution in [-0.4, -0.2) is 28.6 Å². The van der Waals surface area contributed by atoms with Gasteiger partial charge >= 0.3 is 5.97 Å². The van der Waals surface area contributed by atoms with E-state index in [4.69, 9.17) is 10.8 Å². The first-order valence-electron chi connectivity index (χ1n) is 5.05. The zero-order valence-electron chi connectivity index (χ0n) is 9.54.